The van der Waals surface area contributed by atoms with Crippen molar-refractivity contribution in [3.8, 4) is 11.5 Å². The quantitative estimate of drug-likeness (QED) is 0.294. The Morgan fingerprint density at radius 2 is 1.85 bits per heavy atom. The molecule has 174 valence electrons. The lowest BCUT2D eigenvalue weighted by molar-refractivity contribution is -0.139. The fourth-order valence-corrected chi connectivity index (χ4v) is 3.01. The molecule has 3 amide bonds. The van der Waals surface area contributed by atoms with E-state index < -0.39 is 11.8 Å². The van der Waals surface area contributed by atoms with Crippen molar-refractivity contribution >= 4 is 41.2 Å². The highest BCUT2D eigenvalue weighted by molar-refractivity contribution is 6.35. The van der Waals surface area contributed by atoms with Crippen molar-refractivity contribution < 1.29 is 23.9 Å². The molecule has 3 N–H and O–H groups in total. The average molecular weight is 473 g/mol. The van der Waals surface area contributed by atoms with E-state index in [9.17, 15) is 14.4 Å². The maximum absolute atomic E-state index is 12.2. The minimum atomic E-state index is -0.853. The lowest BCUT2D eigenvalue weighted by Crippen LogP contribution is -2.38. The molecule has 0 spiro atoms. The molecule has 0 saturated heterocycles. The lowest BCUT2D eigenvalue weighted by atomic mass is 10.2. The van der Waals surface area contributed by atoms with Crippen LogP contribution in [0.1, 0.15) is 30.9 Å². The van der Waals surface area contributed by atoms with Gasteiger partial charge in [-0.1, -0.05) is 29.3 Å². The van der Waals surface area contributed by atoms with Crippen LogP contribution in [0, 0.1) is 6.92 Å². The molecular weight excluding hydrogens is 448 g/mol. The van der Waals surface area contributed by atoms with E-state index in [0.717, 1.165) is 18.4 Å². The summed E-state index contributed by atoms with van der Waals surface area (Å²) in [5, 5.41) is 9.30. The van der Waals surface area contributed by atoms with Crippen LogP contribution in [0.15, 0.2) is 41.5 Å². The first-order chi connectivity index (χ1) is 15.9. The largest absolute Gasteiger partial charge is 0.490 e. The molecule has 1 aliphatic carbocycles. The summed E-state index contributed by atoms with van der Waals surface area (Å²) >= 11 is 6.34. The number of anilines is 1. The summed E-state index contributed by atoms with van der Waals surface area (Å²) in [6, 6.07) is 10.6. The molecule has 0 radical (unpaired) electrons. The van der Waals surface area contributed by atoms with E-state index in [1.54, 1.807) is 25.1 Å². The van der Waals surface area contributed by atoms with Crippen LogP contribution in [0.3, 0.4) is 0 Å². The highest BCUT2D eigenvalue weighted by Gasteiger charge is 2.26. The van der Waals surface area contributed by atoms with Gasteiger partial charge in [0.15, 0.2) is 18.1 Å². The highest BCUT2D eigenvalue weighted by Crippen LogP contribution is 2.36. The van der Waals surface area contributed by atoms with E-state index in [4.69, 9.17) is 21.1 Å². The zero-order valence-corrected chi connectivity index (χ0v) is 19.1. The van der Waals surface area contributed by atoms with Gasteiger partial charge in [-0.3, -0.25) is 14.4 Å². The Morgan fingerprint density at radius 1 is 1.12 bits per heavy atom. The third-order valence-corrected chi connectivity index (χ3v) is 4.79. The molecule has 0 unspecified atom stereocenters. The van der Waals surface area contributed by atoms with Crippen LogP contribution in [0.5, 0.6) is 11.5 Å². The third-order valence-electron chi connectivity index (χ3n) is 4.51. The van der Waals surface area contributed by atoms with Gasteiger partial charge in [-0.25, -0.2) is 5.43 Å². The van der Waals surface area contributed by atoms with Crippen LogP contribution in [-0.4, -0.2) is 43.2 Å². The molecule has 0 heterocycles. The zero-order valence-electron chi connectivity index (χ0n) is 18.3. The molecule has 3 rings (SSSR count). The minimum absolute atomic E-state index is 0.0753. The van der Waals surface area contributed by atoms with E-state index in [1.807, 2.05) is 19.1 Å². The Balaban J connectivity index is 1.60. The average Bonchev–Trinajstić information content (AvgIpc) is 3.59. The molecule has 33 heavy (non-hydrogen) atoms. The van der Waals surface area contributed by atoms with Gasteiger partial charge in [0.25, 0.3) is 5.91 Å². The van der Waals surface area contributed by atoms with Gasteiger partial charge >= 0.3 is 11.8 Å². The Hall–Kier alpha value is -3.59. The molecule has 0 aromatic heterocycles. The Morgan fingerprint density at radius 3 is 2.52 bits per heavy atom. The summed E-state index contributed by atoms with van der Waals surface area (Å²) in [6.45, 7) is 3.82. The number of hydrogen-bond donors (Lipinski definition) is 3. The number of nitrogens with one attached hydrogen (secondary N) is 3. The molecule has 0 aliphatic heterocycles. The van der Waals surface area contributed by atoms with Crippen molar-refractivity contribution in [3.05, 3.63) is 52.5 Å². The van der Waals surface area contributed by atoms with Crippen molar-refractivity contribution in [2.24, 2.45) is 5.10 Å². The van der Waals surface area contributed by atoms with Crippen molar-refractivity contribution in [2.75, 3.05) is 18.5 Å². The number of benzene rings is 2. The van der Waals surface area contributed by atoms with Gasteiger partial charge in [0, 0.05) is 11.7 Å². The predicted molar refractivity (Wildman–Crippen MR) is 125 cm³/mol. The monoisotopic (exact) mass is 472 g/mol. The number of carbonyl (C=O) groups is 3. The van der Waals surface area contributed by atoms with Crippen LogP contribution in [0.25, 0.3) is 0 Å². The second-order valence-electron chi connectivity index (χ2n) is 7.41. The smallest absolute Gasteiger partial charge is 0.329 e. The maximum Gasteiger partial charge on any atom is 0.329 e. The molecule has 2 aromatic rings. The number of hydrogen-bond acceptors (Lipinski definition) is 6. The van der Waals surface area contributed by atoms with Crippen LogP contribution in [-0.2, 0) is 14.4 Å². The number of aryl methyl sites for hydroxylation is 1. The maximum atomic E-state index is 12.2. The molecule has 1 aliphatic rings. The topological polar surface area (TPSA) is 118 Å². The van der Waals surface area contributed by atoms with Gasteiger partial charge < -0.3 is 20.1 Å². The molecule has 0 atom stereocenters. The number of hydrazone groups is 1. The predicted octanol–water partition coefficient (Wildman–Crippen LogP) is 2.79. The van der Waals surface area contributed by atoms with Gasteiger partial charge in [-0.15, -0.1) is 0 Å². The third kappa shape index (κ3) is 7.50. The van der Waals surface area contributed by atoms with Crippen LogP contribution in [0.4, 0.5) is 5.69 Å². The normalized spacial score (nSPS) is 12.8. The SMILES string of the molecule is CCOc1cc(/C=N\NC(=O)C(=O)NC2CC2)cc(Cl)c1OCC(=O)Nc1ccc(C)cc1. The number of carbonyl (C=O) groups excluding carboxylic acids is 3. The number of nitrogens with zero attached hydrogens (tertiary/aromatic N) is 1. The fraction of sp³-hybridized carbons (Fsp3) is 0.304. The number of halogens is 1. The standard InChI is InChI=1S/C23H25ClN4O5/c1-3-32-19-11-15(12-25-28-23(31)22(30)27-17-8-9-17)10-18(24)21(19)33-13-20(29)26-16-6-4-14(2)5-7-16/h4-7,10-12,17H,3,8-9,13H2,1-2H3,(H,26,29)(H,27,30)(H,28,31)/b25-12-. The highest BCUT2D eigenvalue weighted by atomic mass is 35.5. The van der Waals surface area contributed by atoms with E-state index in [2.05, 4.69) is 21.2 Å². The summed E-state index contributed by atoms with van der Waals surface area (Å²) < 4.78 is 11.2. The molecular formula is C23H25ClN4O5. The Kier molecular flexibility index (Phi) is 8.26. The second kappa shape index (κ2) is 11.3. The van der Waals surface area contributed by atoms with Crippen LogP contribution < -0.4 is 25.5 Å². The van der Waals surface area contributed by atoms with Gasteiger partial charge in [0.1, 0.15) is 0 Å². The number of rotatable bonds is 9. The Bertz CT molecular complexity index is 1050. The van der Waals surface area contributed by atoms with Crippen molar-refractivity contribution in [3.63, 3.8) is 0 Å². The minimum Gasteiger partial charge on any atom is -0.490 e. The van der Waals surface area contributed by atoms with Gasteiger partial charge in [0.05, 0.1) is 17.8 Å². The van der Waals surface area contributed by atoms with Crippen molar-refractivity contribution in [1.29, 1.82) is 0 Å². The van der Waals surface area contributed by atoms with Crippen molar-refractivity contribution in [2.45, 2.75) is 32.7 Å². The molecule has 9 nitrogen and oxygen atoms in total. The molecule has 1 saturated carbocycles. The first-order valence-electron chi connectivity index (χ1n) is 10.4. The number of ether oxygens (including phenoxy) is 2. The zero-order chi connectivity index (χ0) is 23.8. The summed E-state index contributed by atoms with van der Waals surface area (Å²) in [5.74, 6) is -1.41. The van der Waals surface area contributed by atoms with E-state index in [1.165, 1.54) is 12.3 Å². The van der Waals surface area contributed by atoms with E-state index in [0.29, 0.717) is 23.6 Å². The van der Waals surface area contributed by atoms with Crippen LogP contribution >= 0.6 is 11.6 Å². The fourth-order valence-electron chi connectivity index (χ4n) is 2.73. The van der Waals surface area contributed by atoms with Gasteiger partial charge in [0.2, 0.25) is 0 Å². The lowest BCUT2D eigenvalue weighted by Gasteiger charge is -2.14. The van der Waals surface area contributed by atoms with Crippen molar-refractivity contribution in [1.82, 2.24) is 10.7 Å². The first-order valence-corrected chi connectivity index (χ1v) is 10.8. The summed E-state index contributed by atoms with van der Waals surface area (Å²) in [6.07, 6.45) is 3.08. The molecule has 2 aromatic carbocycles. The van der Waals surface area contributed by atoms with Gasteiger partial charge in [-0.05, 0) is 56.5 Å². The van der Waals surface area contributed by atoms with E-state index >= 15 is 0 Å². The molecule has 0 bridgehead atoms. The molecule has 10 heteroatoms. The van der Waals surface area contributed by atoms with Crippen LogP contribution in [0.2, 0.25) is 5.02 Å². The summed E-state index contributed by atoms with van der Waals surface area (Å²) in [4.78, 5) is 35.6. The summed E-state index contributed by atoms with van der Waals surface area (Å²) in [7, 11) is 0. The Labute approximate surface area is 196 Å². The van der Waals surface area contributed by atoms with Gasteiger partial charge in [-0.2, -0.15) is 5.10 Å². The second-order valence-corrected chi connectivity index (χ2v) is 7.82. The molecule has 1 fully saturated rings. The first kappa shape index (κ1) is 24.1. The number of amides is 3. The van der Waals surface area contributed by atoms with E-state index in [-0.39, 0.29) is 29.3 Å². The summed E-state index contributed by atoms with van der Waals surface area (Å²) in [5.41, 5.74) is 4.41.